The van der Waals surface area contributed by atoms with Crippen LogP contribution in [0.1, 0.15) is 22.8 Å². The van der Waals surface area contributed by atoms with E-state index in [2.05, 4.69) is 15.4 Å². The average molecular weight is 307 g/mol. The Balaban J connectivity index is 2.63. The molecular weight excluding hydrogens is 286 g/mol. The second-order valence-corrected chi connectivity index (χ2v) is 4.85. The average Bonchev–Trinajstić information content (AvgIpc) is 2.53. The Morgan fingerprint density at radius 3 is 2.32 bits per heavy atom. The van der Waals surface area contributed by atoms with Crippen molar-refractivity contribution in [2.24, 2.45) is 0 Å². The highest BCUT2D eigenvalue weighted by Gasteiger charge is 2.20. The Kier molecular flexibility index (Phi) is 6.52. The van der Waals surface area contributed by atoms with E-state index in [1.165, 1.54) is 7.11 Å². The maximum atomic E-state index is 11.8. The molecule has 0 saturated heterocycles. The fourth-order valence-corrected chi connectivity index (χ4v) is 1.79. The molecular formula is C15H21N3O4. The van der Waals surface area contributed by atoms with Crippen LogP contribution >= 0.6 is 0 Å². The Hall–Kier alpha value is -2.41. The van der Waals surface area contributed by atoms with Crippen molar-refractivity contribution < 1.29 is 19.1 Å². The van der Waals surface area contributed by atoms with Crippen LogP contribution in [0.2, 0.25) is 0 Å². The van der Waals surface area contributed by atoms with E-state index in [1.807, 2.05) is 12.1 Å². The number of hydrogen-bond acceptors (Lipinski definition) is 5. The highest BCUT2D eigenvalue weighted by molar-refractivity contribution is 5.94. The lowest BCUT2D eigenvalue weighted by atomic mass is 10.1. The Bertz CT molecular complexity index is 542. The molecule has 0 unspecified atom stereocenters. The summed E-state index contributed by atoms with van der Waals surface area (Å²) in [5.74, 6) is -0.581. The molecule has 0 fully saturated rings. The summed E-state index contributed by atoms with van der Waals surface area (Å²) in [6.45, 7) is 2.20. The van der Waals surface area contributed by atoms with Gasteiger partial charge in [0.1, 0.15) is 0 Å². The molecule has 1 rings (SSSR count). The van der Waals surface area contributed by atoms with Crippen LogP contribution in [0.4, 0.5) is 4.79 Å². The van der Waals surface area contributed by atoms with Gasteiger partial charge in [-0.2, -0.15) is 0 Å². The number of nitrogens with one attached hydrogen (secondary N) is 2. The molecule has 0 spiro atoms. The zero-order chi connectivity index (χ0) is 16.7. The lowest BCUT2D eigenvalue weighted by Crippen LogP contribution is -2.45. The molecule has 1 aromatic carbocycles. The third-order valence-corrected chi connectivity index (χ3v) is 3.33. The van der Waals surface area contributed by atoms with E-state index in [0.29, 0.717) is 12.1 Å². The number of amides is 3. The predicted molar refractivity (Wildman–Crippen MR) is 81.3 cm³/mol. The zero-order valence-corrected chi connectivity index (χ0v) is 13.2. The van der Waals surface area contributed by atoms with Crippen LogP contribution in [0.3, 0.4) is 0 Å². The minimum Gasteiger partial charge on any atom is -0.453 e. The standard InChI is InChI=1S/C15H21N3O4/c1-10(13(19)17-15(21)22-4)18(3)9-11-5-7-12(8-6-11)14(20)16-2/h5-8,10H,9H2,1-4H3,(H,16,20)(H,17,19,21)/t10-/m0/s1. The van der Waals surface area contributed by atoms with Crippen molar-refractivity contribution in [3.8, 4) is 0 Å². The van der Waals surface area contributed by atoms with Crippen molar-refractivity contribution in [1.82, 2.24) is 15.5 Å². The first-order chi connectivity index (χ1) is 10.4. The number of methoxy groups -OCH3 is 1. The maximum Gasteiger partial charge on any atom is 0.413 e. The molecule has 0 heterocycles. The first-order valence-electron chi connectivity index (χ1n) is 6.79. The molecule has 0 aliphatic carbocycles. The van der Waals surface area contributed by atoms with Crippen LogP contribution in [-0.4, -0.2) is 50.1 Å². The van der Waals surface area contributed by atoms with Crippen molar-refractivity contribution in [2.75, 3.05) is 21.2 Å². The molecule has 0 radical (unpaired) electrons. The Labute approximate surface area is 129 Å². The lowest BCUT2D eigenvalue weighted by molar-refractivity contribution is -0.124. The van der Waals surface area contributed by atoms with Gasteiger partial charge in [0.2, 0.25) is 5.91 Å². The summed E-state index contributed by atoms with van der Waals surface area (Å²) in [6.07, 6.45) is -0.778. The van der Waals surface area contributed by atoms with Crippen LogP contribution in [-0.2, 0) is 16.1 Å². The lowest BCUT2D eigenvalue weighted by Gasteiger charge is -2.23. The molecule has 22 heavy (non-hydrogen) atoms. The molecule has 7 heteroatoms. The van der Waals surface area contributed by atoms with Gasteiger partial charge >= 0.3 is 6.09 Å². The van der Waals surface area contributed by atoms with Gasteiger partial charge in [-0.15, -0.1) is 0 Å². The van der Waals surface area contributed by atoms with Gasteiger partial charge in [-0.1, -0.05) is 12.1 Å². The number of alkyl carbamates (subject to hydrolysis) is 1. The molecule has 7 nitrogen and oxygen atoms in total. The largest absolute Gasteiger partial charge is 0.453 e. The van der Waals surface area contributed by atoms with Gasteiger partial charge in [0, 0.05) is 19.2 Å². The smallest absolute Gasteiger partial charge is 0.413 e. The van der Waals surface area contributed by atoms with Gasteiger partial charge in [0.05, 0.1) is 13.2 Å². The molecule has 3 amide bonds. The van der Waals surface area contributed by atoms with E-state index >= 15 is 0 Å². The predicted octanol–water partition coefficient (Wildman–Crippen LogP) is 0.749. The molecule has 120 valence electrons. The van der Waals surface area contributed by atoms with Gasteiger partial charge in [-0.05, 0) is 31.7 Å². The van der Waals surface area contributed by atoms with E-state index in [0.717, 1.165) is 5.56 Å². The fraction of sp³-hybridized carbons (Fsp3) is 0.400. The molecule has 0 aromatic heterocycles. The fourth-order valence-electron chi connectivity index (χ4n) is 1.79. The molecule has 0 aliphatic heterocycles. The molecule has 0 aliphatic rings. The highest BCUT2D eigenvalue weighted by atomic mass is 16.5. The zero-order valence-electron chi connectivity index (χ0n) is 13.2. The Morgan fingerprint density at radius 2 is 1.82 bits per heavy atom. The quantitative estimate of drug-likeness (QED) is 0.838. The number of benzene rings is 1. The summed E-state index contributed by atoms with van der Waals surface area (Å²) in [4.78, 5) is 36.1. The van der Waals surface area contributed by atoms with Gasteiger partial charge in [0.15, 0.2) is 0 Å². The van der Waals surface area contributed by atoms with E-state index < -0.39 is 18.0 Å². The highest BCUT2D eigenvalue weighted by Crippen LogP contribution is 2.09. The second-order valence-electron chi connectivity index (χ2n) is 4.85. The van der Waals surface area contributed by atoms with E-state index in [1.54, 1.807) is 38.1 Å². The molecule has 2 N–H and O–H groups in total. The summed E-state index contributed by atoms with van der Waals surface area (Å²) < 4.78 is 4.39. The number of imide groups is 1. The summed E-state index contributed by atoms with van der Waals surface area (Å²) in [5, 5.41) is 4.69. The van der Waals surface area contributed by atoms with Crippen molar-refractivity contribution >= 4 is 17.9 Å². The second kappa shape index (κ2) is 8.14. The topological polar surface area (TPSA) is 87.7 Å². The summed E-state index contributed by atoms with van der Waals surface area (Å²) >= 11 is 0. The van der Waals surface area contributed by atoms with Crippen molar-refractivity contribution in [1.29, 1.82) is 0 Å². The van der Waals surface area contributed by atoms with Crippen molar-refractivity contribution in [3.05, 3.63) is 35.4 Å². The minimum absolute atomic E-state index is 0.147. The molecule has 0 bridgehead atoms. The van der Waals surface area contributed by atoms with E-state index in [9.17, 15) is 14.4 Å². The molecule has 0 saturated carbocycles. The van der Waals surface area contributed by atoms with Crippen LogP contribution in [0.15, 0.2) is 24.3 Å². The van der Waals surface area contributed by atoms with Crippen LogP contribution < -0.4 is 10.6 Å². The SMILES string of the molecule is CNC(=O)c1ccc(CN(C)[C@@H](C)C(=O)NC(=O)OC)cc1. The van der Waals surface area contributed by atoms with Crippen LogP contribution in [0, 0.1) is 0 Å². The monoisotopic (exact) mass is 307 g/mol. The van der Waals surface area contributed by atoms with Gasteiger partial charge in [-0.3, -0.25) is 19.8 Å². The number of rotatable bonds is 5. The third kappa shape index (κ3) is 4.85. The number of carbonyl (C=O) groups excluding carboxylic acids is 3. The Morgan fingerprint density at radius 1 is 1.23 bits per heavy atom. The van der Waals surface area contributed by atoms with E-state index in [-0.39, 0.29) is 5.91 Å². The minimum atomic E-state index is -0.778. The number of carbonyl (C=O) groups is 3. The van der Waals surface area contributed by atoms with Crippen LogP contribution in [0.25, 0.3) is 0 Å². The van der Waals surface area contributed by atoms with Crippen molar-refractivity contribution in [3.63, 3.8) is 0 Å². The van der Waals surface area contributed by atoms with Gasteiger partial charge in [0.25, 0.3) is 5.91 Å². The first kappa shape index (κ1) is 17.6. The summed E-state index contributed by atoms with van der Waals surface area (Å²) in [7, 11) is 4.55. The number of hydrogen-bond donors (Lipinski definition) is 2. The summed E-state index contributed by atoms with van der Waals surface area (Å²) in [6, 6.07) is 6.60. The molecule has 1 atom stereocenters. The van der Waals surface area contributed by atoms with Crippen LogP contribution in [0.5, 0.6) is 0 Å². The number of nitrogens with zero attached hydrogens (tertiary/aromatic N) is 1. The normalized spacial score (nSPS) is 11.7. The van der Waals surface area contributed by atoms with E-state index in [4.69, 9.17) is 0 Å². The number of ether oxygens (including phenoxy) is 1. The molecule has 1 aromatic rings. The third-order valence-electron chi connectivity index (χ3n) is 3.33. The van der Waals surface area contributed by atoms with Gasteiger partial charge < -0.3 is 10.1 Å². The maximum absolute atomic E-state index is 11.8. The summed E-state index contributed by atoms with van der Waals surface area (Å²) in [5.41, 5.74) is 1.53. The van der Waals surface area contributed by atoms with Crippen molar-refractivity contribution in [2.45, 2.75) is 19.5 Å². The number of likely N-dealkylation sites (N-methyl/N-ethyl adjacent to an activating group) is 1. The first-order valence-corrected chi connectivity index (χ1v) is 6.79. The van der Waals surface area contributed by atoms with Gasteiger partial charge in [-0.25, -0.2) is 4.79 Å².